The van der Waals surface area contributed by atoms with Crippen LogP contribution < -0.4 is 0 Å². The van der Waals surface area contributed by atoms with Gasteiger partial charge in [-0.15, -0.1) is 23.5 Å². The van der Waals surface area contributed by atoms with E-state index in [4.69, 9.17) is 0 Å². The van der Waals surface area contributed by atoms with E-state index in [-0.39, 0.29) is 0 Å². The second-order valence-corrected chi connectivity index (χ2v) is 6.39. The van der Waals surface area contributed by atoms with Gasteiger partial charge in [0.25, 0.3) is 0 Å². The van der Waals surface area contributed by atoms with Gasteiger partial charge in [-0.25, -0.2) is 0 Å². The maximum atomic E-state index is 4.24. The summed E-state index contributed by atoms with van der Waals surface area (Å²) < 4.78 is 0.696. The van der Waals surface area contributed by atoms with Crippen LogP contribution in [0.4, 0.5) is 0 Å². The molecule has 0 saturated carbocycles. The van der Waals surface area contributed by atoms with Crippen LogP contribution in [0.2, 0.25) is 0 Å². The summed E-state index contributed by atoms with van der Waals surface area (Å²) in [5.74, 6) is 5.19. The number of hydrogen-bond acceptors (Lipinski definition) is 5. The molecule has 0 radical (unpaired) electrons. The fourth-order valence-corrected chi connectivity index (χ4v) is 4.20. The predicted molar refractivity (Wildman–Crippen MR) is 74.9 cm³/mol. The van der Waals surface area contributed by atoms with Crippen LogP contribution in [-0.2, 0) is 0 Å². The molecule has 0 aromatic heterocycles. The number of hydrogen-bond donors (Lipinski definition) is 3. The van der Waals surface area contributed by atoms with Crippen LogP contribution in [0, 0.1) is 0 Å². The molecule has 0 aromatic carbocycles. The zero-order valence-electron chi connectivity index (χ0n) is 6.98. The first-order valence-corrected chi connectivity index (χ1v) is 7.90. The standard InChI is InChI=1S/C7H16S5/c8-2-1-7(11-5-3-9)12-6-4-10/h7-10H,1-6H2. The zero-order valence-corrected chi connectivity index (χ0v) is 11.3. The Morgan fingerprint density at radius 1 is 0.833 bits per heavy atom. The fraction of sp³-hybridized carbons (Fsp3) is 1.00. The van der Waals surface area contributed by atoms with Crippen molar-refractivity contribution in [1.82, 2.24) is 0 Å². The summed E-state index contributed by atoms with van der Waals surface area (Å²) >= 11 is 16.6. The Labute approximate surface area is 101 Å². The molecule has 0 aliphatic heterocycles. The van der Waals surface area contributed by atoms with Crippen LogP contribution in [0.1, 0.15) is 6.42 Å². The van der Waals surface area contributed by atoms with Gasteiger partial charge < -0.3 is 0 Å². The van der Waals surface area contributed by atoms with Crippen LogP contribution in [0.15, 0.2) is 0 Å². The summed E-state index contributed by atoms with van der Waals surface area (Å²) in [4.78, 5) is 0. The van der Waals surface area contributed by atoms with Crippen molar-refractivity contribution in [2.45, 2.75) is 11.0 Å². The molecule has 0 N–H and O–H groups in total. The Hall–Kier alpha value is 1.75. The molecule has 0 aromatic rings. The van der Waals surface area contributed by atoms with E-state index in [9.17, 15) is 0 Å². The van der Waals surface area contributed by atoms with Crippen LogP contribution in [0.5, 0.6) is 0 Å². The SMILES string of the molecule is SCCSC(CCS)SCCS. The van der Waals surface area contributed by atoms with Gasteiger partial charge in [0.2, 0.25) is 0 Å². The van der Waals surface area contributed by atoms with Crippen LogP contribution in [0.3, 0.4) is 0 Å². The molecular formula is C7H16S5. The van der Waals surface area contributed by atoms with Gasteiger partial charge in [0.15, 0.2) is 0 Å². The summed E-state index contributed by atoms with van der Waals surface area (Å²) in [5.41, 5.74) is 0. The molecule has 0 amide bonds. The third-order valence-electron chi connectivity index (χ3n) is 1.15. The lowest BCUT2D eigenvalue weighted by molar-refractivity contribution is 1.08. The first-order valence-electron chi connectivity index (χ1n) is 3.91. The first kappa shape index (κ1) is 13.8. The van der Waals surface area contributed by atoms with Gasteiger partial charge in [0.1, 0.15) is 0 Å². The van der Waals surface area contributed by atoms with Crippen molar-refractivity contribution in [1.29, 1.82) is 0 Å². The van der Waals surface area contributed by atoms with E-state index in [0.29, 0.717) is 4.58 Å². The largest absolute Gasteiger partial charge is 0.179 e. The molecule has 0 heterocycles. The van der Waals surface area contributed by atoms with Gasteiger partial charge in [0.05, 0.1) is 4.58 Å². The van der Waals surface area contributed by atoms with Gasteiger partial charge in [-0.3, -0.25) is 0 Å². The molecule has 0 fully saturated rings. The maximum Gasteiger partial charge on any atom is 0.0510 e. The van der Waals surface area contributed by atoms with E-state index >= 15 is 0 Å². The highest BCUT2D eigenvalue weighted by atomic mass is 32.2. The Bertz CT molecular complexity index is 79.9. The lowest BCUT2D eigenvalue weighted by Crippen LogP contribution is -2.02. The Morgan fingerprint density at radius 3 is 1.67 bits per heavy atom. The van der Waals surface area contributed by atoms with Gasteiger partial charge in [-0.1, -0.05) is 0 Å². The Morgan fingerprint density at radius 2 is 1.33 bits per heavy atom. The number of thioether (sulfide) groups is 2. The number of thiol groups is 3. The van der Waals surface area contributed by atoms with E-state index in [1.54, 1.807) is 0 Å². The monoisotopic (exact) mass is 260 g/mol. The average molecular weight is 261 g/mol. The molecule has 0 atom stereocenters. The molecule has 0 nitrogen and oxygen atoms in total. The van der Waals surface area contributed by atoms with Crippen LogP contribution in [-0.4, -0.2) is 33.3 Å². The van der Waals surface area contributed by atoms with Crippen LogP contribution >= 0.6 is 61.4 Å². The molecule has 0 aliphatic carbocycles. The fourth-order valence-electron chi connectivity index (χ4n) is 0.688. The highest BCUT2D eigenvalue weighted by molar-refractivity contribution is 8.17. The third-order valence-corrected chi connectivity index (χ3v) is 5.38. The average Bonchev–Trinajstić information content (AvgIpc) is 2.10. The second kappa shape index (κ2) is 10.8. The van der Waals surface area contributed by atoms with Crippen molar-refractivity contribution in [2.24, 2.45) is 0 Å². The van der Waals surface area contributed by atoms with Crippen molar-refractivity contribution in [3.8, 4) is 0 Å². The topological polar surface area (TPSA) is 0 Å². The predicted octanol–water partition coefficient (Wildman–Crippen LogP) is 2.96. The van der Waals surface area contributed by atoms with Crippen molar-refractivity contribution >= 4 is 61.4 Å². The second-order valence-electron chi connectivity index (χ2n) is 2.13. The quantitative estimate of drug-likeness (QED) is 0.453. The van der Waals surface area contributed by atoms with Crippen molar-refractivity contribution in [3.05, 3.63) is 0 Å². The van der Waals surface area contributed by atoms with Crippen LogP contribution in [0.25, 0.3) is 0 Å². The third kappa shape index (κ3) is 8.35. The van der Waals surface area contributed by atoms with Gasteiger partial charge >= 0.3 is 0 Å². The highest BCUT2D eigenvalue weighted by Gasteiger charge is 2.06. The summed E-state index contributed by atoms with van der Waals surface area (Å²) in [6.45, 7) is 0. The summed E-state index contributed by atoms with van der Waals surface area (Å²) in [6.07, 6.45) is 1.18. The van der Waals surface area contributed by atoms with Crippen molar-refractivity contribution in [3.63, 3.8) is 0 Å². The first-order chi connectivity index (χ1) is 5.85. The molecular weight excluding hydrogens is 244 g/mol. The van der Waals surface area contributed by atoms with E-state index in [0.717, 1.165) is 28.8 Å². The molecule has 0 saturated heterocycles. The minimum Gasteiger partial charge on any atom is -0.179 e. The van der Waals surface area contributed by atoms with E-state index in [1.165, 1.54) is 6.42 Å². The van der Waals surface area contributed by atoms with Gasteiger partial charge in [0, 0.05) is 11.5 Å². The lowest BCUT2D eigenvalue weighted by Gasteiger charge is -2.13. The summed E-state index contributed by atoms with van der Waals surface area (Å²) in [7, 11) is 0. The molecule has 0 bridgehead atoms. The van der Waals surface area contributed by atoms with Gasteiger partial charge in [-0.05, 0) is 23.7 Å². The normalized spacial score (nSPS) is 11.0. The molecule has 5 heteroatoms. The Kier molecular flexibility index (Phi) is 12.4. The van der Waals surface area contributed by atoms with Crippen molar-refractivity contribution < 1.29 is 0 Å². The Balaban J connectivity index is 3.40. The molecule has 12 heavy (non-hydrogen) atoms. The van der Waals surface area contributed by atoms with E-state index < -0.39 is 0 Å². The summed E-state index contributed by atoms with van der Waals surface area (Å²) in [6, 6.07) is 0. The lowest BCUT2D eigenvalue weighted by atomic mass is 10.6. The smallest absolute Gasteiger partial charge is 0.0510 e. The van der Waals surface area contributed by atoms with E-state index in [2.05, 4.69) is 37.9 Å². The molecule has 74 valence electrons. The molecule has 0 unspecified atom stereocenters. The molecule has 0 spiro atoms. The van der Waals surface area contributed by atoms with Crippen molar-refractivity contribution in [2.75, 3.05) is 28.8 Å². The minimum absolute atomic E-state index is 0.696. The zero-order chi connectivity index (χ0) is 9.23. The highest BCUT2D eigenvalue weighted by Crippen LogP contribution is 2.27. The molecule has 0 rings (SSSR count). The minimum atomic E-state index is 0.696. The van der Waals surface area contributed by atoms with Gasteiger partial charge in [-0.2, -0.15) is 37.9 Å². The maximum absolute atomic E-state index is 4.24. The van der Waals surface area contributed by atoms with E-state index in [1.807, 2.05) is 23.5 Å². The number of rotatable bonds is 8. The summed E-state index contributed by atoms with van der Waals surface area (Å²) in [5, 5.41) is 0. The molecule has 0 aliphatic rings.